The van der Waals surface area contributed by atoms with Crippen molar-refractivity contribution in [2.24, 2.45) is 0 Å². The van der Waals surface area contributed by atoms with Crippen LogP contribution in [0.1, 0.15) is 19.4 Å². The fourth-order valence-corrected chi connectivity index (χ4v) is 0.640. The van der Waals surface area contributed by atoms with E-state index in [0.717, 1.165) is 0 Å². The van der Waals surface area contributed by atoms with Crippen molar-refractivity contribution in [3.8, 4) is 11.5 Å². The van der Waals surface area contributed by atoms with Crippen LogP contribution >= 0.6 is 0 Å². The maximum absolute atomic E-state index is 8.93. The Bertz CT molecular complexity index is 273. The highest BCUT2D eigenvalue weighted by Crippen LogP contribution is 2.19. The van der Waals surface area contributed by atoms with Gasteiger partial charge >= 0.3 is 0 Å². The topological polar surface area (TPSA) is 40.5 Å². The number of allylic oxidation sites excluding steroid dienone is 2. The van der Waals surface area contributed by atoms with E-state index in [1.807, 2.05) is 26.0 Å². The Kier molecular flexibility index (Phi) is 5.44. The Morgan fingerprint density at radius 3 is 1.92 bits per heavy atom. The fourth-order valence-electron chi connectivity index (χ4n) is 0.640. The van der Waals surface area contributed by atoms with Crippen LogP contribution in [-0.2, 0) is 0 Å². The van der Waals surface area contributed by atoms with Gasteiger partial charge in [-0.2, -0.15) is 0 Å². The molecule has 0 spiro atoms. The number of phenols is 2. The molecule has 2 nitrogen and oxygen atoms in total. The van der Waals surface area contributed by atoms with E-state index in [1.165, 1.54) is 18.2 Å². The molecular weight excluding hydrogens is 164 g/mol. The van der Waals surface area contributed by atoms with Gasteiger partial charge in [0.05, 0.1) is 0 Å². The molecule has 0 saturated heterocycles. The summed E-state index contributed by atoms with van der Waals surface area (Å²) in [5, 5.41) is 17.8. The molecule has 1 rings (SSSR count). The zero-order valence-electron chi connectivity index (χ0n) is 8.28. The van der Waals surface area contributed by atoms with Crippen molar-refractivity contribution in [3.63, 3.8) is 0 Å². The lowest BCUT2D eigenvalue weighted by Gasteiger charge is -1.96. The van der Waals surface area contributed by atoms with Crippen LogP contribution in [0, 0.1) is 6.92 Å². The summed E-state index contributed by atoms with van der Waals surface area (Å²) in [6.45, 7) is 5.73. The zero-order chi connectivity index (χ0) is 10.3. The van der Waals surface area contributed by atoms with Gasteiger partial charge in [-0.3, -0.25) is 0 Å². The van der Waals surface area contributed by atoms with E-state index in [0.29, 0.717) is 5.56 Å². The molecule has 0 aliphatic carbocycles. The van der Waals surface area contributed by atoms with Crippen LogP contribution in [0.25, 0.3) is 0 Å². The van der Waals surface area contributed by atoms with E-state index in [1.54, 1.807) is 6.92 Å². The first-order valence-corrected chi connectivity index (χ1v) is 4.17. The van der Waals surface area contributed by atoms with Gasteiger partial charge in [0, 0.05) is 0 Å². The zero-order valence-corrected chi connectivity index (χ0v) is 8.28. The minimum absolute atomic E-state index is 0.185. The van der Waals surface area contributed by atoms with Crippen molar-refractivity contribution < 1.29 is 10.2 Å². The summed E-state index contributed by atoms with van der Waals surface area (Å²) >= 11 is 0. The summed E-state index contributed by atoms with van der Waals surface area (Å²) in [5.74, 6) is 0.401. The monoisotopic (exact) mass is 180 g/mol. The summed E-state index contributed by atoms with van der Waals surface area (Å²) in [6, 6.07) is 4.42. The van der Waals surface area contributed by atoms with E-state index in [-0.39, 0.29) is 11.5 Å². The molecule has 72 valence electrons. The van der Waals surface area contributed by atoms with Crippen molar-refractivity contribution in [1.82, 2.24) is 0 Å². The van der Waals surface area contributed by atoms with Crippen LogP contribution in [0.15, 0.2) is 30.4 Å². The van der Waals surface area contributed by atoms with Crippen molar-refractivity contribution >= 4 is 0 Å². The SMILES string of the molecule is CC=CC.Cc1cc(O)ccc1O. The van der Waals surface area contributed by atoms with Gasteiger partial charge in [0.25, 0.3) is 0 Å². The molecule has 2 N–H and O–H groups in total. The lowest BCUT2D eigenvalue weighted by Crippen LogP contribution is -1.71. The molecular formula is C11H16O2. The first kappa shape index (κ1) is 11.6. The highest BCUT2D eigenvalue weighted by molar-refractivity contribution is 5.37. The third-order valence-corrected chi connectivity index (χ3v) is 1.51. The number of aryl methyl sites for hydroxylation is 1. The van der Waals surface area contributed by atoms with E-state index in [9.17, 15) is 0 Å². The van der Waals surface area contributed by atoms with Gasteiger partial charge in [-0.15, -0.1) is 0 Å². The van der Waals surface area contributed by atoms with Crippen LogP contribution < -0.4 is 0 Å². The second-order valence-corrected chi connectivity index (χ2v) is 2.64. The Morgan fingerprint density at radius 1 is 1.08 bits per heavy atom. The van der Waals surface area contributed by atoms with Crippen LogP contribution in [0.3, 0.4) is 0 Å². The molecule has 1 aromatic rings. The molecule has 1 aromatic carbocycles. The quantitative estimate of drug-likeness (QED) is 0.476. The maximum Gasteiger partial charge on any atom is 0.118 e. The summed E-state index contributed by atoms with van der Waals surface area (Å²) in [4.78, 5) is 0. The molecule has 0 bridgehead atoms. The Balaban J connectivity index is 0.000000310. The van der Waals surface area contributed by atoms with Gasteiger partial charge in [0.1, 0.15) is 11.5 Å². The van der Waals surface area contributed by atoms with Crippen molar-refractivity contribution in [1.29, 1.82) is 0 Å². The van der Waals surface area contributed by atoms with E-state index >= 15 is 0 Å². The van der Waals surface area contributed by atoms with Crippen molar-refractivity contribution in [2.45, 2.75) is 20.8 Å². The summed E-state index contributed by atoms with van der Waals surface area (Å²) in [5.41, 5.74) is 0.690. The molecule has 0 saturated carbocycles. The van der Waals surface area contributed by atoms with Crippen molar-refractivity contribution in [2.75, 3.05) is 0 Å². The van der Waals surface area contributed by atoms with E-state index in [2.05, 4.69) is 0 Å². The maximum atomic E-state index is 8.93. The average molecular weight is 180 g/mol. The van der Waals surface area contributed by atoms with Gasteiger partial charge in [0.15, 0.2) is 0 Å². The second kappa shape index (κ2) is 6.12. The predicted molar refractivity (Wildman–Crippen MR) is 55.0 cm³/mol. The Labute approximate surface area is 79.2 Å². The Hall–Kier alpha value is -1.44. The van der Waals surface area contributed by atoms with Crippen LogP contribution in [0.2, 0.25) is 0 Å². The summed E-state index contributed by atoms with van der Waals surface area (Å²) in [7, 11) is 0. The van der Waals surface area contributed by atoms with Gasteiger partial charge < -0.3 is 10.2 Å². The first-order chi connectivity index (χ1) is 6.11. The number of rotatable bonds is 0. The predicted octanol–water partition coefficient (Wildman–Crippen LogP) is 2.99. The molecule has 0 atom stereocenters. The molecule has 0 fully saturated rings. The third kappa shape index (κ3) is 4.90. The lowest BCUT2D eigenvalue weighted by molar-refractivity contribution is 0.456. The largest absolute Gasteiger partial charge is 0.508 e. The number of phenolic OH excluding ortho intramolecular Hbond substituents is 2. The third-order valence-electron chi connectivity index (χ3n) is 1.51. The van der Waals surface area contributed by atoms with Crippen molar-refractivity contribution in [3.05, 3.63) is 35.9 Å². The first-order valence-electron chi connectivity index (χ1n) is 4.17. The number of benzene rings is 1. The normalized spacial score (nSPS) is 9.46. The smallest absolute Gasteiger partial charge is 0.118 e. The van der Waals surface area contributed by atoms with Crippen LogP contribution in [0.5, 0.6) is 11.5 Å². The van der Waals surface area contributed by atoms with Gasteiger partial charge in [-0.1, -0.05) is 12.2 Å². The molecule has 0 aromatic heterocycles. The minimum atomic E-state index is 0.185. The van der Waals surface area contributed by atoms with Crippen LogP contribution in [-0.4, -0.2) is 10.2 Å². The highest BCUT2D eigenvalue weighted by Gasteiger charge is 1.93. The molecule has 0 radical (unpaired) electrons. The molecule has 0 aliphatic rings. The van der Waals surface area contributed by atoms with Crippen LogP contribution in [0.4, 0.5) is 0 Å². The summed E-state index contributed by atoms with van der Waals surface area (Å²) in [6.07, 6.45) is 4.00. The van der Waals surface area contributed by atoms with Gasteiger partial charge in [-0.05, 0) is 44.5 Å². The molecule has 0 heterocycles. The Morgan fingerprint density at radius 2 is 1.62 bits per heavy atom. The average Bonchev–Trinajstić information content (AvgIpc) is 2.12. The molecule has 13 heavy (non-hydrogen) atoms. The number of aromatic hydroxyl groups is 2. The lowest BCUT2D eigenvalue weighted by atomic mass is 10.2. The molecule has 0 unspecified atom stereocenters. The highest BCUT2D eigenvalue weighted by atomic mass is 16.3. The molecule has 0 amide bonds. The van der Waals surface area contributed by atoms with E-state index < -0.39 is 0 Å². The number of hydrogen-bond donors (Lipinski definition) is 2. The van der Waals surface area contributed by atoms with Gasteiger partial charge in [-0.25, -0.2) is 0 Å². The second-order valence-electron chi connectivity index (χ2n) is 2.64. The molecule has 0 aliphatic heterocycles. The fraction of sp³-hybridized carbons (Fsp3) is 0.273. The van der Waals surface area contributed by atoms with Gasteiger partial charge in [0.2, 0.25) is 0 Å². The number of hydrogen-bond acceptors (Lipinski definition) is 2. The molecule has 2 heteroatoms. The minimum Gasteiger partial charge on any atom is -0.508 e. The summed E-state index contributed by atoms with van der Waals surface area (Å²) < 4.78 is 0. The van der Waals surface area contributed by atoms with E-state index in [4.69, 9.17) is 10.2 Å². The standard InChI is InChI=1S/C7H8O2.C4H8/c1-5-4-6(8)2-3-7(5)9;1-3-4-2/h2-4,8-9H,1H3;3-4H,1-2H3.